The summed E-state index contributed by atoms with van der Waals surface area (Å²) in [7, 11) is 0. The standard InChI is InChI=1S/C6H12N2O/c1-5-2-7-8-3-6(1)9-4-5/h5-8H,1-4H2. The van der Waals surface area contributed by atoms with E-state index in [1.807, 2.05) is 0 Å². The van der Waals surface area contributed by atoms with Crippen molar-refractivity contribution >= 4 is 0 Å². The number of hydrogen-bond donors (Lipinski definition) is 2. The van der Waals surface area contributed by atoms with E-state index < -0.39 is 0 Å². The highest BCUT2D eigenvalue weighted by Crippen LogP contribution is 2.19. The summed E-state index contributed by atoms with van der Waals surface area (Å²) in [5, 5.41) is 0. The third-order valence-corrected chi connectivity index (χ3v) is 2.01. The molecule has 0 spiro atoms. The lowest BCUT2D eigenvalue weighted by molar-refractivity contribution is 0.0952. The molecule has 0 aromatic carbocycles. The van der Waals surface area contributed by atoms with E-state index in [1.165, 1.54) is 6.42 Å². The van der Waals surface area contributed by atoms with E-state index in [2.05, 4.69) is 10.9 Å². The van der Waals surface area contributed by atoms with Crippen molar-refractivity contribution in [2.24, 2.45) is 5.92 Å². The fraction of sp³-hybridized carbons (Fsp3) is 1.00. The molecule has 2 atom stereocenters. The third-order valence-electron chi connectivity index (χ3n) is 2.01. The average Bonchev–Trinajstić information content (AvgIpc) is 2.09. The van der Waals surface area contributed by atoms with Gasteiger partial charge in [0.15, 0.2) is 0 Å². The molecular weight excluding hydrogens is 116 g/mol. The minimum atomic E-state index is 0.477. The molecule has 3 nitrogen and oxygen atoms in total. The fourth-order valence-corrected chi connectivity index (χ4v) is 1.47. The highest BCUT2D eigenvalue weighted by atomic mass is 16.5. The molecule has 3 heteroatoms. The van der Waals surface area contributed by atoms with Crippen molar-refractivity contribution in [3.8, 4) is 0 Å². The molecule has 0 amide bonds. The monoisotopic (exact) mass is 128 g/mol. The predicted molar refractivity (Wildman–Crippen MR) is 33.9 cm³/mol. The van der Waals surface area contributed by atoms with Gasteiger partial charge in [0, 0.05) is 13.1 Å². The molecule has 2 aliphatic rings. The van der Waals surface area contributed by atoms with Crippen molar-refractivity contribution in [3.05, 3.63) is 0 Å². The maximum atomic E-state index is 5.45. The largest absolute Gasteiger partial charge is 0.376 e. The van der Waals surface area contributed by atoms with Crippen molar-refractivity contribution in [2.75, 3.05) is 19.7 Å². The highest BCUT2D eigenvalue weighted by Gasteiger charge is 2.26. The van der Waals surface area contributed by atoms with Crippen molar-refractivity contribution in [3.63, 3.8) is 0 Å². The van der Waals surface area contributed by atoms with Crippen LogP contribution in [0.2, 0.25) is 0 Å². The summed E-state index contributed by atoms with van der Waals surface area (Å²) in [6.07, 6.45) is 1.71. The molecular formula is C6H12N2O. The summed E-state index contributed by atoms with van der Waals surface area (Å²) >= 11 is 0. The SMILES string of the molecule is C1NNCC2CC1CO2. The van der Waals surface area contributed by atoms with Crippen molar-refractivity contribution < 1.29 is 4.74 Å². The predicted octanol–water partition coefficient (Wildman–Crippen LogP) is -0.501. The Labute approximate surface area is 54.7 Å². The molecule has 2 fully saturated rings. The van der Waals surface area contributed by atoms with E-state index in [9.17, 15) is 0 Å². The number of nitrogens with one attached hydrogen (secondary N) is 2. The Morgan fingerprint density at radius 2 is 2.11 bits per heavy atom. The zero-order valence-electron chi connectivity index (χ0n) is 5.39. The molecule has 2 unspecified atom stereocenters. The number of fused-ring (bicyclic) bond motifs is 2. The van der Waals surface area contributed by atoms with Crippen molar-refractivity contribution in [1.82, 2.24) is 10.9 Å². The first kappa shape index (κ1) is 5.65. The van der Waals surface area contributed by atoms with Crippen LogP contribution in [0.4, 0.5) is 0 Å². The van der Waals surface area contributed by atoms with E-state index in [1.54, 1.807) is 0 Å². The second-order valence-corrected chi connectivity index (χ2v) is 2.82. The van der Waals surface area contributed by atoms with Crippen molar-refractivity contribution in [1.29, 1.82) is 0 Å². The maximum Gasteiger partial charge on any atom is 0.0717 e. The summed E-state index contributed by atoms with van der Waals surface area (Å²) in [6, 6.07) is 0. The van der Waals surface area contributed by atoms with Gasteiger partial charge in [-0.15, -0.1) is 0 Å². The molecule has 0 radical (unpaired) electrons. The van der Waals surface area contributed by atoms with E-state index in [0.29, 0.717) is 6.10 Å². The first-order valence-electron chi connectivity index (χ1n) is 3.52. The number of rotatable bonds is 0. The molecule has 0 aliphatic carbocycles. The van der Waals surface area contributed by atoms with Crippen LogP contribution in [-0.2, 0) is 4.74 Å². The van der Waals surface area contributed by atoms with Gasteiger partial charge in [0.25, 0.3) is 0 Å². The van der Waals surface area contributed by atoms with Gasteiger partial charge >= 0.3 is 0 Å². The molecule has 2 N–H and O–H groups in total. The van der Waals surface area contributed by atoms with Gasteiger partial charge in [0.05, 0.1) is 12.7 Å². The van der Waals surface area contributed by atoms with Crippen molar-refractivity contribution in [2.45, 2.75) is 12.5 Å². The van der Waals surface area contributed by atoms with E-state index in [0.717, 1.165) is 25.6 Å². The highest BCUT2D eigenvalue weighted by molar-refractivity contribution is 4.78. The average molecular weight is 128 g/mol. The maximum absolute atomic E-state index is 5.45. The van der Waals surface area contributed by atoms with Gasteiger partial charge in [-0.05, 0) is 12.3 Å². The van der Waals surface area contributed by atoms with Crippen LogP contribution in [0, 0.1) is 5.92 Å². The lowest BCUT2D eigenvalue weighted by atomic mass is 10.1. The Morgan fingerprint density at radius 1 is 1.22 bits per heavy atom. The molecule has 0 aromatic rings. The number of hydrogen-bond acceptors (Lipinski definition) is 3. The lowest BCUT2D eigenvalue weighted by Crippen LogP contribution is -2.38. The quantitative estimate of drug-likeness (QED) is 0.461. The molecule has 52 valence electrons. The summed E-state index contributed by atoms with van der Waals surface area (Å²) in [6.45, 7) is 2.99. The van der Waals surface area contributed by atoms with Gasteiger partial charge in [0.1, 0.15) is 0 Å². The summed E-state index contributed by atoms with van der Waals surface area (Å²) < 4.78 is 5.45. The molecule has 2 rings (SSSR count). The minimum absolute atomic E-state index is 0.477. The Hall–Kier alpha value is -0.120. The Kier molecular flexibility index (Phi) is 1.41. The second kappa shape index (κ2) is 2.25. The Balaban J connectivity index is 1.99. The number of hydrazine groups is 1. The normalized spacial score (nSPS) is 42.7. The molecule has 2 aliphatic heterocycles. The lowest BCUT2D eigenvalue weighted by Gasteiger charge is -2.10. The number of ether oxygens (including phenoxy) is 1. The third kappa shape index (κ3) is 1.08. The second-order valence-electron chi connectivity index (χ2n) is 2.82. The van der Waals surface area contributed by atoms with E-state index in [-0.39, 0.29) is 0 Å². The molecule has 0 saturated carbocycles. The van der Waals surface area contributed by atoms with Gasteiger partial charge in [-0.3, -0.25) is 10.9 Å². The zero-order valence-corrected chi connectivity index (χ0v) is 5.39. The van der Waals surface area contributed by atoms with Crippen LogP contribution in [0.25, 0.3) is 0 Å². The first-order valence-corrected chi connectivity index (χ1v) is 3.52. The summed E-state index contributed by atoms with van der Waals surface area (Å²) in [5.41, 5.74) is 6.25. The van der Waals surface area contributed by atoms with Crippen LogP contribution in [0.15, 0.2) is 0 Å². The van der Waals surface area contributed by atoms with E-state index >= 15 is 0 Å². The van der Waals surface area contributed by atoms with Crippen LogP contribution in [0.1, 0.15) is 6.42 Å². The summed E-state index contributed by atoms with van der Waals surface area (Å²) in [5.74, 6) is 0.755. The van der Waals surface area contributed by atoms with Gasteiger partial charge in [-0.2, -0.15) is 0 Å². The van der Waals surface area contributed by atoms with Gasteiger partial charge in [-0.25, -0.2) is 0 Å². The minimum Gasteiger partial charge on any atom is -0.376 e. The Morgan fingerprint density at radius 3 is 3.11 bits per heavy atom. The molecule has 9 heavy (non-hydrogen) atoms. The van der Waals surface area contributed by atoms with Crippen LogP contribution >= 0.6 is 0 Å². The fourth-order valence-electron chi connectivity index (χ4n) is 1.47. The van der Waals surface area contributed by atoms with Gasteiger partial charge in [0.2, 0.25) is 0 Å². The van der Waals surface area contributed by atoms with Crippen LogP contribution in [0.5, 0.6) is 0 Å². The van der Waals surface area contributed by atoms with Crippen LogP contribution in [-0.4, -0.2) is 25.8 Å². The van der Waals surface area contributed by atoms with Gasteiger partial charge < -0.3 is 4.74 Å². The zero-order chi connectivity index (χ0) is 6.10. The molecule has 2 heterocycles. The van der Waals surface area contributed by atoms with E-state index in [4.69, 9.17) is 4.74 Å². The molecule has 2 saturated heterocycles. The topological polar surface area (TPSA) is 33.3 Å². The first-order chi connectivity index (χ1) is 4.45. The molecule has 0 aromatic heterocycles. The van der Waals surface area contributed by atoms with Gasteiger partial charge in [-0.1, -0.05) is 0 Å². The van der Waals surface area contributed by atoms with Crippen LogP contribution < -0.4 is 10.9 Å². The van der Waals surface area contributed by atoms with Crippen LogP contribution in [0.3, 0.4) is 0 Å². The smallest absolute Gasteiger partial charge is 0.0717 e. The summed E-state index contributed by atoms with van der Waals surface area (Å²) in [4.78, 5) is 0. The molecule has 2 bridgehead atoms. The Bertz CT molecular complexity index is 95.2.